The maximum absolute atomic E-state index is 9.95. The molecule has 2 unspecified atom stereocenters. The van der Waals surface area contributed by atoms with Crippen LogP contribution in [0.5, 0.6) is 0 Å². The topological polar surface area (TPSA) is 194 Å². The average molecular weight is 556 g/mol. The van der Waals surface area contributed by atoms with Crippen LogP contribution in [0.4, 0.5) is 0 Å². The fraction of sp³-hybridized carbons (Fsp3) is 0.476. The van der Waals surface area contributed by atoms with E-state index in [-0.39, 0.29) is 17.9 Å². The molecule has 0 radical (unpaired) electrons. The van der Waals surface area contributed by atoms with Gasteiger partial charge in [-0.2, -0.15) is 0 Å². The number of nitrogens with zero attached hydrogens (tertiary/aromatic N) is 7. The van der Waals surface area contributed by atoms with Crippen LogP contribution in [0.15, 0.2) is 31.2 Å². The second-order valence-corrected chi connectivity index (χ2v) is 9.23. The number of rotatable bonds is 4. The molecule has 0 bridgehead atoms. The molecule has 5 N–H and O–H groups in total. The van der Waals surface area contributed by atoms with Crippen LogP contribution in [0.2, 0.25) is 10.2 Å². The van der Waals surface area contributed by atoms with Crippen LogP contribution in [0.1, 0.15) is 18.9 Å². The lowest BCUT2D eigenvalue weighted by molar-refractivity contribution is -0.0511. The van der Waals surface area contributed by atoms with E-state index in [9.17, 15) is 15.3 Å². The molecular weight excluding hydrogens is 533 g/mol. The second-order valence-electron chi connectivity index (χ2n) is 8.47. The molecule has 0 aliphatic carbocycles. The first-order valence-corrected chi connectivity index (χ1v) is 12.0. The van der Waals surface area contributed by atoms with Crippen molar-refractivity contribution in [1.82, 2.24) is 34.1 Å². The van der Waals surface area contributed by atoms with Crippen molar-refractivity contribution in [2.75, 3.05) is 13.2 Å². The summed E-state index contributed by atoms with van der Waals surface area (Å²) in [5.41, 5.74) is 1.89. The lowest BCUT2D eigenvalue weighted by Crippen LogP contribution is -2.33. The molecule has 2 aliphatic heterocycles. The summed E-state index contributed by atoms with van der Waals surface area (Å²) >= 11 is 11.9. The summed E-state index contributed by atoms with van der Waals surface area (Å²) in [6.07, 6.45) is 0.424. The van der Waals surface area contributed by atoms with Crippen LogP contribution in [0.3, 0.4) is 0 Å². The van der Waals surface area contributed by atoms with Gasteiger partial charge >= 0.3 is 0 Å². The lowest BCUT2D eigenvalue weighted by Gasteiger charge is -2.16. The van der Waals surface area contributed by atoms with Crippen LogP contribution < -0.4 is 0 Å². The van der Waals surface area contributed by atoms with Crippen molar-refractivity contribution in [3.8, 4) is 0 Å². The predicted molar refractivity (Wildman–Crippen MR) is 128 cm³/mol. The number of aliphatic hydroxyl groups is 5. The Labute approximate surface area is 218 Å². The van der Waals surface area contributed by atoms with Gasteiger partial charge in [-0.05, 0) is 6.07 Å². The molecule has 6 rings (SSSR count). The van der Waals surface area contributed by atoms with Gasteiger partial charge in [-0.25, -0.2) is 24.9 Å². The molecule has 16 heteroatoms. The van der Waals surface area contributed by atoms with Crippen molar-refractivity contribution >= 4 is 45.5 Å². The van der Waals surface area contributed by atoms with Gasteiger partial charge in [-0.15, -0.1) is 0 Å². The Kier molecular flexibility index (Phi) is 7.53. The zero-order valence-electron chi connectivity index (χ0n) is 19.0. The molecule has 6 heterocycles. The first-order chi connectivity index (χ1) is 17.8. The van der Waals surface area contributed by atoms with Crippen LogP contribution in [-0.4, -0.2) is 103 Å². The summed E-state index contributed by atoms with van der Waals surface area (Å²) in [7, 11) is 0. The Bertz CT molecular complexity index is 1390. The molecule has 14 nitrogen and oxygen atoms in total. The smallest absolute Gasteiger partial charge is 0.167 e. The van der Waals surface area contributed by atoms with E-state index in [0.29, 0.717) is 33.8 Å². The van der Waals surface area contributed by atoms with E-state index in [1.165, 1.54) is 23.5 Å². The minimum absolute atomic E-state index is 0.117. The normalized spacial score (nSPS) is 29.6. The lowest BCUT2D eigenvalue weighted by atomic mass is 10.1. The highest BCUT2D eigenvalue weighted by molar-refractivity contribution is 6.34. The van der Waals surface area contributed by atoms with E-state index in [1.807, 2.05) is 0 Å². The van der Waals surface area contributed by atoms with Crippen molar-refractivity contribution in [3.63, 3.8) is 0 Å². The third-order valence-corrected chi connectivity index (χ3v) is 6.74. The number of fused-ring (bicyclic) bond motifs is 2. The highest BCUT2D eigenvalue weighted by Crippen LogP contribution is 2.33. The maximum atomic E-state index is 9.95. The minimum Gasteiger partial charge on any atom is -0.394 e. The molecule has 7 atom stereocenters. The van der Waals surface area contributed by atoms with E-state index in [4.69, 9.17) is 42.9 Å². The largest absolute Gasteiger partial charge is 0.394 e. The first-order valence-electron chi connectivity index (χ1n) is 11.2. The van der Waals surface area contributed by atoms with Gasteiger partial charge in [0.1, 0.15) is 41.8 Å². The third-order valence-electron chi connectivity index (χ3n) is 6.16. The van der Waals surface area contributed by atoms with Gasteiger partial charge in [0.2, 0.25) is 0 Å². The third kappa shape index (κ3) is 4.76. The zero-order valence-corrected chi connectivity index (χ0v) is 20.5. The molecule has 4 aromatic rings. The van der Waals surface area contributed by atoms with Gasteiger partial charge in [0.05, 0.1) is 37.0 Å². The summed E-state index contributed by atoms with van der Waals surface area (Å²) in [5.74, 6) is 0. The zero-order chi connectivity index (χ0) is 26.3. The number of pyridine rings is 1. The van der Waals surface area contributed by atoms with Gasteiger partial charge in [0.15, 0.2) is 28.9 Å². The number of imidazole rings is 2. The number of hydrogen-bond donors (Lipinski definition) is 5. The van der Waals surface area contributed by atoms with Crippen molar-refractivity contribution in [3.05, 3.63) is 41.4 Å². The molecule has 4 aromatic heterocycles. The van der Waals surface area contributed by atoms with E-state index in [1.54, 1.807) is 16.8 Å². The average Bonchev–Trinajstić information content (AvgIpc) is 3.66. The minimum atomic E-state index is -1.19. The van der Waals surface area contributed by atoms with Gasteiger partial charge in [-0.3, -0.25) is 9.13 Å². The first kappa shape index (κ1) is 26.1. The second kappa shape index (κ2) is 10.7. The number of hydrogen-bond acceptors (Lipinski definition) is 12. The summed E-state index contributed by atoms with van der Waals surface area (Å²) in [5, 5.41) is 48.4. The summed E-state index contributed by atoms with van der Waals surface area (Å²) in [6, 6.07) is 1.66. The maximum Gasteiger partial charge on any atom is 0.167 e. The Morgan fingerprint density at radius 3 is 2.22 bits per heavy atom. The fourth-order valence-corrected chi connectivity index (χ4v) is 4.67. The molecule has 0 aromatic carbocycles. The molecule has 0 saturated carbocycles. The number of ether oxygens (including phenoxy) is 2. The van der Waals surface area contributed by atoms with Gasteiger partial charge in [-0.1, -0.05) is 23.2 Å². The molecule has 198 valence electrons. The molecule has 0 amide bonds. The molecule has 37 heavy (non-hydrogen) atoms. The highest BCUT2D eigenvalue weighted by atomic mass is 35.5. The molecule has 2 fully saturated rings. The van der Waals surface area contributed by atoms with E-state index < -0.39 is 43.5 Å². The molecule has 0 spiro atoms. The number of halogens is 2. The molecule has 2 aliphatic rings. The summed E-state index contributed by atoms with van der Waals surface area (Å²) < 4.78 is 14.0. The van der Waals surface area contributed by atoms with Crippen LogP contribution in [-0.2, 0) is 9.47 Å². The van der Waals surface area contributed by atoms with Crippen molar-refractivity contribution in [2.24, 2.45) is 0 Å². The highest BCUT2D eigenvalue weighted by Gasteiger charge is 2.44. The predicted octanol–water partition coefficient (Wildman–Crippen LogP) is -0.183. The summed E-state index contributed by atoms with van der Waals surface area (Å²) in [4.78, 5) is 20.2. The van der Waals surface area contributed by atoms with Crippen molar-refractivity contribution in [2.45, 2.75) is 49.4 Å². The van der Waals surface area contributed by atoms with Crippen molar-refractivity contribution in [1.29, 1.82) is 0 Å². The van der Waals surface area contributed by atoms with Gasteiger partial charge in [0, 0.05) is 12.6 Å². The fourth-order valence-electron chi connectivity index (χ4n) is 4.31. The van der Waals surface area contributed by atoms with Crippen molar-refractivity contribution < 1.29 is 35.0 Å². The Balaban J connectivity index is 0.000000152. The monoisotopic (exact) mass is 555 g/mol. The van der Waals surface area contributed by atoms with Crippen LogP contribution in [0.25, 0.3) is 22.3 Å². The SMILES string of the molecule is OC[C@@H]1CC(O)[C@H](n2cnc3c(Cl)ccnc32)O1.OC[C@H]1O[C@@H](n2cnc3c(Cl)ncnc32)C(O)[C@H]1O. The van der Waals surface area contributed by atoms with Gasteiger partial charge < -0.3 is 35.0 Å². The van der Waals surface area contributed by atoms with E-state index in [2.05, 4.69) is 24.9 Å². The van der Waals surface area contributed by atoms with Crippen LogP contribution in [0, 0.1) is 0 Å². The van der Waals surface area contributed by atoms with E-state index >= 15 is 0 Å². The Hall–Kier alpha value is -2.53. The summed E-state index contributed by atoms with van der Waals surface area (Å²) in [6.45, 7) is -0.508. The number of aromatic nitrogens is 7. The molecule has 2 saturated heterocycles. The Morgan fingerprint density at radius 1 is 0.838 bits per heavy atom. The van der Waals surface area contributed by atoms with Crippen LogP contribution >= 0.6 is 23.2 Å². The quantitative estimate of drug-likeness (QED) is 0.209. The standard InChI is InChI=1S/C11H12ClN3O3.C10H11ClN4O4/c12-7-1-2-13-10-9(7)14-5-15(10)11-8(17)3-6(4-16)18-11;11-8-5-9(13-2-12-8)15(3-14-5)10-7(18)6(17)4(1-16)19-10/h1-2,5-6,8,11,16-17H,3-4H2;2-4,6-7,10,16-18H,1H2/t6-,8?,11+;4-,6+,7?,10-/m01/s1. The van der Waals surface area contributed by atoms with E-state index in [0.717, 1.165) is 0 Å². The van der Waals surface area contributed by atoms with Gasteiger partial charge in [0.25, 0.3) is 0 Å². The molecular formula is C21H23Cl2N7O7. The Morgan fingerprint density at radius 2 is 1.54 bits per heavy atom. The number of aliphatic hydroxyl groups excluding tert-OH is 5.